The minimum Gasteiger partial charge on any atom is -0.319 e. The molecule has 2 N–H and O–H groups in total. The number of fused-ring (bicyclic) bond motifs is 1. The van der Waals surface area contributed by atoms with Gasteiger partial charge in [-0.1, -0.05) is 6.08 Å². The Bertz CT molecular complexity index is 361. The van der Waals surface area contributed by atoms with Crippen molar-refractivity contribution < 1.29 is 4.79 Å². The van der Waals surface area contributed by atoms with Gasteiger partial charge in [0.25, 0.3) is 0 Å². The Morgan fingerprint density at radius 3 is 3.07 bits per heavy atom. The molecule has 1 unspecified atom stereocenters. The number of carbonyl (C=O) groups excluding carboxylic acids is 1. The first kappa shape index (κ1) is 9.34. The van der Waals surface area contributed by atoms with E-state index in [2.05, 4.69) is 4.99 Å². The summed E-state index contributed by atoms with van der Waals surface area (Å²) in [6.07, 6.45) is 7.86. The number of ketones is 1. The molecule has 0 saturated heterocycles. The maximum atomic E-state index is 11.5. The Balaban J connectivity index is 2.43. The largest absolute Gasteiger partial charge is 0.319 e. The summed E-state index contributed by atoms with van der Waals surface area (Å²) < 4.78 is 0. The zero-order valence-electron chi connectivity index (χ0n) is 8.29. The first-order valence-corrected chi connectivity index (χ1v) is 4.88. The normalized spacial score (nSPS) is 31.7. The minimum absolute atomic E-state index is 0.143. The van der Waals surface area contributed by atoms with Crippen LogP contribution >= 0.6 is 0 Å². The maximum absolute atomic E-state index is 11.5. The predicted octanol–water partition coefficient (Wildman–Crippen LogP) is 1.35. The van der Waals surface area contributed by atoms with Crippen molar-refractivity contribution in [3.05, 3.63) is 23.9 Å². The van der Waals surface area contributed by atoms with Crippen LogP contribution in [-0.2, 0) is 4.79 Å². The molecule has 0 aromatic rings. The van der Waals surface area contributed by atoms with Gasteiger partial charge in [-0.3, -0.25) is 9.79 Å². The summed E-state index contributed by atoms with van der Waals surface area (Å²) in [7, 11) is 0. The number of Topliss-reactive ketones (excluding diaryl/α,β-unsaturated/α-hetero) is 1. The van der Waals surface area contributed by atoms with Gasteiger partial charge in [-0.2, -0.15) is 0 Å². The van der Waals surface area contributed by atoms with Gasteiger partial charge >= 0.3 is 0 Å². The highest BCUT2D eigenvalue weighted by atomic mass is 16.1. The molecule has 2 aliphatic rings. The third-order valence-electron chi connectivity index (χ3n) is 2.54. The van der Waals surface area contributed by atoms with Crippen molar-refractivity contribution in [1.82, 2.24) is 0 Å². The standard InChI is InChI=1S/C11H14N2O/c1-11(12)5-6-13-10-8(7-11)3-2-4-9(10)14/h5-7H,2-4,12H2,1H3. The van der Waals surface area contributed by atoms with Crippen molar-refractivity contribution in [2.75, 3.05) is 0 Å². The average molecular weight is 190 g/mol. The Labute approximate surface area is 83.4 Å². The summed E-state index contributed by atoms with van der Waals surface area (Å²) in [4.78, 5) is 15.7. The molecule has 0 aromatic heterocycles. The van der Waals surface area contributed by atoms with Gasteiger partial charge in [0.15, 0.2) is 5.78 Å². The third-order valence-corrected chi connectivity index (χ3v) is 2.54. The lowest BCUT2D eigenvalue weighted by Crippen LogP contribution is -2.32. The number of nitrogens with two attached hydrogens (primary N) is 1. The number of allylic oxidation sites excluding steroid dienone is 1. The highest BCUT2D eigenvalue weighted by Gasteiger charge is 2.25. The van der Waals surface area contributed by atoms with Crippen LogP contribution in [-0.4, -0.2) is 17.0 Å². The lowest BCUT2D eigenvalue weighted by atomic mass is 9.88. The second kappa shape index (κ2) is 3.17. The summed E-state index contributed by atoms with van der Waals surface area (Å²) in [6.45, 7) is 1.91. The fourth-order valence-corrected chi connectivity index (χ4v) is 1.85. The van der Waals surface area contributed by atoms with Crippen LogP contribution in [0, 0.1) is 0 Å². The molecule has 1 atom stereocenters. The summed E-state index contributed by atoms with van der Waals surface area (Å²) in [5.74, 6) is 0.143. The molecule has 1 aliphatic carbocycles. The van der Waals surface area contributed by atoms with Gasteiger partial charge in [-0.25, -0.2) is 0 Å². The van der Waals surface area contributed by atoms with Crippen LogP contribution in [0.2, 0.25) is 0 Å². The molecule has 0 spiro atoms. The first-order chi connectivity index (χ1) is 6.58. The van der Waals surface area contributed by atoms with E-state index in [0.717, 1.165) is 18.4 Å². The van der Waals surface area contributed by atoms with Crippen molar-refractivity contribution in [3.63, 3.8) is 0 Å². The van der Waals surface area contributed by atoms with Gasteiger partial charge in [-0.15, -0.1) is 0 Å². The molecule has 0 amide bonds. The lowest BCUT2D eigenvalue weighted by Gasteiger charge is -2.19. The van der Waals surface area contributed by atoms with Gasteiger partial charge in [0.05, 0.1) is 5.54 Å². The monoisotopic (exact) mass is 190 g/mol. The fourth-order valence-electron chi connectivity index (χ4n) is 1.85. The molecule has 14 heavy (non-hydrogen) atoms. The first-order valence-electron chi connectivity index (χ1n) is 4.88. The van der Waals surface area contributed by atoms with E-state index < -0.39 is 5.54 Å². The number of aliphatic imine (C=N–C) groups is 1. The molecule has 1 fully saturated rings. The van der Waals surface area contributed by atoms with E-state index in [1.807, 2.05) is 19.1 Å². The molecular weight excluding hydrogens is 176 g/mol. The molecule has 0 radical (unpaired) electrons. The molecule has 74 valence electrons. The number of carbonyl (C=O) groups is 1. The van der Waals surface area contributed by atoms with E-state index in [9.17, 15) is 4.79 Å². The van der Waals surface area contributed by atoms with Crippen molar-refractivity contribution in [2.24, 2.45) is 10.7 Å². The van der Waals surface area contributed by atoms with Crippen molar-refractivity contribution >= 4 is 11.5 Å². The molecular formula is C11H14N2O. The number of hydrogen-bond donors (Lipinski definition) is 1. The van der Waals surface area contributed by atoms with E-state index in [1.165, 1.54) is 0 Å². The summed E-state index contributed by atoms with van der Waals surface area (Å²) in [6, 6.07) is 0. The van der Waals surface area contributed by atoms with Gasteiger partial charge in [0.2, 0.25) is 0 Å². The Morgan fingerprint density at radius 1 is 1.50 bits per heavy atom. The van der Waals surface area contributed by atoms with Gasteiger partial charge in [0, 0.05) is 12.6 Å². The predicted molar refractivity (Wildman–Crippen MR) is 56.1 cm³/mol. The molecule has 0 aromatic carbocycles. The molecule has 0 bridgehead atoms. The topological polar surface area (TPSA) is 55.4 Å². The fraction of sp³-hybridized carbons (Fsp3) is 0.455. The van der Waals surface area contributed by atoms with Crippen LogP contribution in [0.3, 0.4) is 0 Å². The van der Waals surface area contributed by atoms with Gasteiger partial charge < -0.3 is 5.73 Å². The summed E-state index contributed by atoms with van der Waals surface area (Å²) >= 11 is 0. The van der Waals surface area contributed by atoms with Gasteiger partial charge in [0.1, 0.15) is 5.71 Å². The smallest absolute Gasteiger partial charge is 0.181 e. The van der Waals surface area contributed by atoms with Crippen LogP contribution in [0.25, 0.3) is 0 Å². The lowest BCUT2D eigenvalue weighted by molar-refractivity contribution is -0.113. The van der Waals surface area contributed by atoms with E-state index >= 15 is 0 Å². The van der Waals surface area contributed by atoms with Gasteiger partial charge in [-0.05, 0) is 31.4 Å². The SMILES string of the molecule is CC1(N)C=CN=C2C(=O)CCCC2=C1. The second-order valence-electron chi connectivity index (χ2n) is 4.11. The average Bonchev–Trinajstić information content (AvgIpc) is 2.23. The zero-order valence-corrected chi connectivity index (χ0v) is 8.29. The van der Waals surface area contributed by atoms with Crippen molar-refractivity contribution in [3.8, 4) is 0 Å². The molecule has 1 saturated carbocycles. The Kier molecular flexibility index (Phi) is 2.11. The zero-order chi connectivity index (χ0) is 10.2. The minimum atomic E-state index is -0.474. The maximum Gasteiger partial charge on any atom is 0.181 e. The van der Waals surface area contributed by atoms with Crippen molar-refractivity contribution in [2.45, 2.75) is 31.7 Å². The van der Waals surface area contributed by atoms with Crippen molar-refractivity contribution in [1.29, 1.82) is 0 Å². The molecule has 1 aliphatic heterocycles. The van der Waals surface area contributed by atoms with Crippen LogP contribution < -0.4 is 5.73 Å². The number of hydrogen-bond acceptors (Lipinski definition) is 3. The second-order valence-corrected chi connectivity index (χ2v) is 4.11. The molecule has 1 heterocycles. The van der Waals surface area contributed by atoms with E-state index in [1.54, 1.807) is 6.20 Å². The number of nitrogens with zero attached hydrogens (tertiary/aromatic N) is 1. The highest BCUT2D eigenvalue weighted by Crippen LogP contribution is 2.23. The molecule has 2 rings (SSSR count). The highest BCUT2D eigenvalue weighted by molar-refractivity contribution is 6.47. The van der Waals surface area contributed by atoms with E-state index in [0.29, 0.717) is 12.1 Å². The summed E-state index contributed by atoms with van der Waals surface area (Å²) in [5.41, 5.74) is 7.13. The molecule has 3 heteroatoms. The molecule has 3 nitrogen and oxygen atoms in total. The van der Waals surface area contributed by atoms with E-state index in [4.69, 9.17) is 5.73 Å². The quantitative estimate of drug-likeness (QED) is 0.627. The van der Waals surface area contributed by atoms with Crippen LogP contribution in [0.5, 0.6) is 0 Å². The van der Waals surface area contributed by atoms with Crippen LogP contribution in [0.1, 0.15) is 26.2 Å². The Hall–Kier alpha value is -1.22. The number of rotatable bonds is 0. The Morgan fingerprint density at radius 2 is 2.29 bits per heavy atom. The van der Waals surface area contributed by atoms with E-state index in [-0.39, 0.29) is 5.78 Å². The summed E-state index contributed by atoms with van der Waals surface area (Å²) in [5, 5.41) is 0. The van der Waals surface area contributed by atoms with Crippen LogP contribution in [0.4, 0.5) is 0 Å². The van der Waals surface area contributed by atoms with Crippen LogP contribution in [0.15, 0.2) is 28.9 Å². The third kappa shape index (κ3) is 1.68.